The summed E-state index contributed by atoms with van der Waals surface area (Å²) in [5.41, 5.74) is 2.22. The topological polar surface area (TPSA) is 88.1 Å². The molecule has 3 aromatic rings. The summed E-state index contributed by atoms with van der Waals surface area (Å²) < 4.78 is 27.5. The third-order valence-corrected chi connectivity index (χ3v) is 5.66. The number of amides is 1. The second kappa shape index (κ2) is 7.64. The number of nitrogens with one attached hydrogen (secondary N) is 1. The molecular weight excluding hydrogens is 412 g/mol. The molecule has 0 radical (unpaired) electrons. The Morgan fingerprint density at radius 3 is 2.66 bits per heavy atom. The Morgan fingerprint density at radius 2 is 1.84 bits per heavy atom. The van der Waals surface area contributed by atoms with E-state index in [1.54, 1.807) is 45.5 Å². The van der Waals surface area contributed by atoms with E-state index >= 15 is 0 Å². The molecule has 0 saturated carbocycles. The Kier molecular flexibility index (Phi) is 4.77. The summed E-state index contributed by atoms with van der Waals surface area (Å²) in [6.45, 7) is 1.97. The van der Waals surface area contributed by atoms with Crippen LogP contribution in [0.15, 0.2) is 48.7 Å². The summed E-state index contributed by atoms with van der Waals surface area (Å²) in [5, 5.41) is 2.91. The first kappa shape index (κ1) is 20.0. The van der Waals surface area contributed by atoms with Gasteiger partial charge in [0.15, 0.2) is 28.6 Å². The lowest BCUT2D eigenvalue weighted by Crippen LogP contribution is -2.44. The molecular formula is C24H22N2O6. The van der Waals surface area contributed by atoms with Crippen LogP contribution in [0.3, 0.4) is 0 Å². The number of benzene rings is 2. The van der Waals surface area contributed by atoms with E-state index < -0.39 is 5.60 Å². The molecule has 2 aliphatic rings. The zero-order valence-electron chi connectivity index (χ0n) is 17.9. The molecule has 0 bridgehead atoms. The van der Waals surface area contributed by atoms with Gasteiger partial charge in [0.05, 0.1) is 14.2 Å². The van der Waals surface area contributed by atoms with E-state index in [4.69, 9.17) is 23.7 Å². The second-order valence-corrected chi connectivity index (χ2v) is 7.74. The molecule has 0 aliphatic carbocycles. The van der Waals surface area contributed by atoms with Gasteiger partial charge in [0, 0.05) is 29.9 Å². The van der Waals surface area contributed by atoms with Crippen LogP contribution in [0.4, 0.5) is 5.69 Å². The summed E-state index contributed by atoms with van der Waals surface area (Å²) in [6, 6.07) is 12.9. The number of carbonyl (C=O) groups excluding carboxylic acids is 1. The van der Waals surface area contributed by atoms with Crippen LogP contribution in [0.25, 0.3) is 11.1 Å². The van der Waals surface area contributed by atoms with Crippen LogP contribution in [0.1, 0.15) is 12.5 Å². The molecule has 0 saturated heterocycles. The normalized spacial score (nSPS) is 18.0. The highest BCUT2D eigenvalue weighted by Crippen LogP contribution is 2.43. The highest BCUT2D eigenvalue weighted by molar-refractivity contribution is 5.98. The van der Waals surface area contributed by atoms with Crippen molar-refractivity contribution >= 4 is 11.6 Å². The first-order chi connectivity index (χ1) is 15.5. The minimum Gasteiger partial charge on any atom is -0.493 e. The zero-order chi connectivity index (χ0) is 22.3. The molecule has 32 heavy (non-hydrogen) atoms. The van der Waals surface area contributed by atoms with Crippen molar-refractivity contribution < 1.29 is 28.5 Å². The van der Waals surface area contributed by atoms with Crippen LogP contribution in [0.2, 0.25) is 0 Å². The highest BCUT2D eigenvalue weighted by atomic mass is 16.7. The van der Waals surface area contributed by atoms with Crippen molar-refractivity contribution in [2.24, 2.45) is 0 Å². The molecule has 1 N–H and O–H groups in total. The molecule has 164 valence electrons. The van der Waals surface area contributed by atoms with E-state index in [0.29, 0.717) is 35.2 Å². The van der Waals surface area contributed by atoms with E-state index in [1.807, 2.05) is 24.3 Å². The molecule has 3 heterocycles. The number of carbonyl (C=O) groups is 1. The fourth-order valence-corrected chi connectivity index (χ4v) is 3.96. The quantitative estimate of drug-likeness (QED) is 0.653. The zero-order valence-corrected chi connectivity index (χ0v) is 17.9. The van der Waals surface area contributed by atoms with Crippen LogP contribution < -0.4 is 29.0 Å². The Labute approximate surface area is 185 Å². The van der Waals surface area contributed by atoms with Gasteiger partial charge in [-0.3, -0.25) is 4.79 Å². The predicted molar refractivity (Wildman–Crippen MR) is 117 cm³/mol. The van der Waals surface area contributed by atoms with Crippen LogP contribution in [-0.2, 0) is 11.2 Å². The highest BCUT2D eigenvalue weighted by Gasteiger charge is 2.44. The number of anilines is 1. The van der Waals surface area contributed by atoms with Gasteiger partial charge in [-0.1, -0.05) is 6.07 Å². The minimum absolute atomic E-state index is 0.213. The van der Waals surface area contributed by atoms with Crippen LogP contribution in [-0.4, -0.2) is 37.5 Å². The van der Waals surface area contributed by atoms with Crippen molar-refractivity contribution in [1.29, 1.82) is 0 Å². The maximum atomic E-state index is 13.2. The number of hydrogen-bond acceptors (Lipinski definition) is 7. The van der Waals surface area contributed by atoms with Gasteiger partial charge in [-0.25, -0.2) is 4.98 Å². The van der Waals surface area contributed by atoms with Gasteiger partial charge in [-0.05, 0) is 48.4 Å². The Bertz CT molecular complexity index is 1210. The number of pyridine rings is 1. The van der Waals surface area contributed by atoms with Crippen molar-refractivity contribution in [3.8, 4) is 40.0 Å². The van der Waals surface area contributed by atoms with E-state index in [9.17, 15) is 4.79 Å². The van der Waals surface area contributed by atoms with E-state index in [0.717, 1.165) is 22.4 Å². The van der Waals surface area contributed by atoms with Gasteiger partial charge in [0.25, 0.3) is 5.91 Å². The molecule has 5 rings (SSSR count). The molecule has 2 aromatic carbocycles. The third-order valence-electron chi connectivity index (χ3n) is 5.66. The lowest BCUT2D eigenvalue weighted by atomic mass is 9.93. The second-order valence-electron chi connectivity index (χ2n) is 7.74. The molecule has 1 aromatic heterocycles. The van der Waals surface area contributed by atoms with Gasteiger partial charge >= 0.3 is 0 Å². The average molecular weight is 434 g/mol. The molecule has 0 spiro atoms. The summed E-state index contributed by atoms with van der Waals surface area (Å²) in [7, 11) is 3.11. The fourth-order valence-electron chi connectivity index (χ4n) is 3.96. The summed E-state index contributed by atoms with van der Waals surface area (Å²) >= 11 is 0. The number of rotatable bonds is 5. The number of ether oxygens (including phenoxy) is 5. The van der Waals surface area contributed by atoms with E-state index in [2.05, 4.69) is 10.3 Å². The largest absolute Gasteiger partial charge is 0.493 e. The molecule has 0 fully saturated rings. The standard InChI is InChI=1S/C24H22N2O6/c1-24(23(27)26-15-5-7-18(28-2)20(11-15)29-3)12-17-16(8-9-25-22(17)32-24)14-4-6-19-21(10-14)31-13-30-19/h4-11H,12-13H2,1-3H3,(H,26,27). The van der Waals surface area contributed by atoms with Gasteiger partial charge in [-0.15, -0.1) is 0 Å². The van der Waals surface area contributed by atoms with Gasteiger partial charge in [0.1, 0.15) is 0 Å². The molecule has 1 atom stereocenters. The summed E-state index contributed by atoms with van der Waals surface area (Å²) in [6.07, 6.45) is 2.05. The van der Waals surface area contributed by atoms with Gasteiger partial charge < -0.3 is 29.0 Å². The Hall–Kier alpha value is -3.94. The Morgan fingerprint density at radius 1 is 1.03 bits per heavy atom. The molecule has 1 unspecified atom stereocenters. The first-order valence-corrected chi connectivity index (χ1v) is 10.1. The first-order valence-electron chi connectivity index (χ1n) is 10.1. The van der Waals surface area contributed by atoms with Crippen molar-refractivity contribution in [2.75, 3.05) is 26.3 Å². The number of fused-ring (bicyclic) bond motifs is 2. The molecule has 2 aliphatic heterocycles. The van der Waals surface area contributed by atoms with Crippen LogP contribution >= 0.6 is 0 Å². The monoisotopic (exact) mass is 434 g/mol. The van der Waals surface area contributed by atoms with Gasteiger partial charge in [-0.2, -0.15) is 0 Å². The Balaban J connectivity index is 1.41. The van der Waals surface area contributed by atoms with Crippen LogP contribution in [0.5, 0.6) is 28.9 Å². The minimum atomic E-state index is -1.12. The van der Waals surface area contributed by atoms with Crippen LogP contribution in [0, 0.1) is 0 Å². The maximum Gasteiger partial charge on any atom is 0.268 e. The average Bonchev–Trinajstić information content (AvgIpc) is 3.42. The van der Waals surface area contributed by atoms with Crippen molar-refractivity contribution in [2.45, 2.75) is 18.9 Å². The van der Waals surface area contributed by atoms with Crippen molar-refractivity contribution in [3.63, 3.8) is 0 Å². The van der Waals surface area contributed by atoms with Gasteiger partial charge in [0.2, 0.25) is 12.7 Å². The molecule has 8 nitrogen and oxygen atoms in total. The number of aromatic nitrogens is 1. The predicted octanol–water partition coefficient (Wildman–Crippen LogP) is 3.83. The SMILES string of the molecule is COc1ccc(NC(=O)C2(C)Cc3c(-c4ccc5c(c4)OCO5)ccnc3O2)cc1OC. The lowest BCUT2D eigenvalue weighted by molar-refractivity contribution is -0.128. The molecule has 1 amide bonds. The van der Waals surface area contributed by atoms with Crippen molar-refractivity contribution in [3.05, 3.63) is 54.2 Å². The smallest absolute Gasteiger partial charge is 0.268 e. The van der Waals surface area contributed by atoms with Crippen molar-refractivity contribution in [1.82, 2.24) is 4.98 Å². The fraction of sp³-hybridized carbons (Fsp3) is 0.250. The summed E-state index contributed by atoms with van der Waals surface area (Å²) in [4.78, 5) is 17.5. The van der Waals surface area contributed by atoms with E-state index in [-0.39, 0.29) is 12.7 Å². The lowest BCUT2D eigenvalue weighted by Gasteiger charge is -2.22. The summed E-state index contributed by atoms with van der Waals surface area (Å²) in [5.74, 6) is 2.69. The number of nitrogens with zero attached hydrogens (tertiary/aromatic N) is 1. The number of hydrogen-bond donors (Lipinski definition) is 1. The molecule has 8 heteroatoms. The maximum absolute atomic E-state index is 13.2. The number of methoxy groups -OCH3 is 2. The van der Waals surface area contributed by atoms with E-state index in [1.165, 1.54) is 0 Å². The third kappa shape index (κ3) is 3.33.